The molecule has 1 aliphatic carbocycles. The minimum atomic E-state index is -3.86. The number of carbonyl (C=O) groups is 2. The number of aliphatic carboxylic acids is 1. The van der Waals surface area contributed by atoms with Gasteiger partial charge in [-0.1, -0.05) is 109 Å². The van der Waals surface area contributed by atoms with Crippen LogP contribution in [0, 0.1) is 6.92 Å². The van der Waals surface area contributed by atoms with E-state index in [4.69, 9.17) is 30.8 Å². The van der Waals surface area contributed by atoms with Crippen LogP contribution in [-0.2, 0) is 69.9 Å². The molecule has 1 heterocycles. The summed E-state index contributed by atoms with van der Waals surface area (Å²) >= 11 is 0. The molecular weight excluding hydrogens is 938 g/mol. The summed E-state index contributed by atoms with van der Waals surface area (Å²) in [5.74, 6) is -0.0203. The number of aryl methyl sites for hydroxylation is 1. The molecule has 0 aliphatic heterocycles. The number of aromatic nitrogens is 1. The van der Waals surface area contributed by atoms with Crippen molar-refractivity contribution in [1.82, 2.24) is 3.97 Å². The summed E-state index contributed by atoms with van der Waals surface area (Å²) in [5, 5.41) is 9.91. The molecule has 0 bridgehead atoms. The van der Waals surface area contributed by atoms with Gasteiger partial charge in [-0.25, -0.2) is 12.4 Å². The van der Waals surface area contributed by atoms with Crippen molar-refractivity contribution in [3.05, 3.63) is 214 Å². The Bertz CT molecular complexity index is 3330. The van der Waals surface area contributed by atoms with E-state index in [1.165, 1.54) is 20.7 Å². The Hall–Kier alpha value is -6.81. The summed E-state index contributed by atoms with van der Waals surface area (Å²) in [5.41, 5.74) is 25.2. The van der Waals surface area contributed by atoms with Gasteiger partial charge in [0.05, 0.1) is 29.9 Å². The zero-order valence-corrected chi connectivity index (χ0v) is 43.4. The normalized spacial score (nSPS) is 11.4. The van der Waals surface area contributed by atoms with E-state index in [1.54, 1.807) is 43.5 Å². The molecule has 7 aromatic carbocycles. The van der Waals surface area contributed by atoms with Gasteiger partial charge in [-0.15, -0.1) is 0 Å². The van der Waals surface area contributed by atoms with Crippen LogP contribution in [0.1, 0.15) is 57.0 Å². The van der Waals surface area contributed by atoms with E-state index in [2.05, 4.69) is 36.4 Å². The average Bonchev–Trinajstić information content (AvgIpc) is 4.04. The molecule has 9 rings (SSSR count). The molecule has 1 aliphatic rings. The predicted octanol–water partition coefficient (Wildman–Crippen LogP) is 7.41. The van der Waals surface area contributed by atoms with Crippen LogP contribution >= 0.6 is 0 Å². The van der Waals surface area contributed by atoms with Crippen LogP contribution in [-0.4, -0.2) is 41.5 Å². The number of ether oxygens (including phenoxy) is 3. The molecular formula is C58H56N3NaO9S. The molecule has 0 saturated heterocycles. The van der Waals surface area contributed by atoms with Crippen molar-refractivity contribution in [2.75, 3.05) is 6.61 Å². The van der Waals surface area contributed by atoms with E-state index in [0.29, 0.717) is 54.4 Å². The van der Waals surface area contributed by atoms with Gasteiger partial charge in [0.25, 0.3) is 10.0 Å². The molecule has 1 aromatic heterocycles. The Labute approximate surface area is 442 Å². The fourth-order valence-corrected chi connectivity index (χ4v) is 9.91. The van der Waals surface area contributed by atoms with Gasteiger partial charge in [-0.2, -0.15) is 0 Å². The quantitative estimate of drug-likeness (QED) is 0.0606. The van der Waals surface area contributed by atoms with Crippen molar-refractivity contribution in [3.63, 3.8) is 0 Å². The van der Waals surface area contributed by atoms with Gasteiger partial charge in [0.2, 0.25) is 0 Å². The van der Waals surface area contributed by atoms with Gasteiger partial charge < -0.3 is 36.3 Å². The van der Waals surface area contributed by atoms with Crippen molar-refractivity contribution in [1.29, 1.82) is 0 Å². The number of benzene rings is 7. The summed E-state index contributed by atoms with van der Waals surface area (Å²) in [6.07, 6.45) is 6.89. The van der Waals surface area contributed by atoms with Crippen molar-refractivity contribution in [2.24, 2.45) is 11.5 Å². The Morgan fingerprint density at radius 3 is 1.83 bits per heavy atom. The zero-order chi connectivity index (χ0) is 49.2. The second-order valence-corrected chi connectivity index (χ2v) is 18.8. The van der Waals surface area contributed by atoms with Crippen LogP contribution in [0.3, 0.4) is 0 Å². The van der Waals surface area contributed by atoms with Gasteiger partial charge in [0, 0.05) is 35.8 Å². The monoisotopic (exact) mass is 993 g/mol. The maximum absolute atomic E-state index is 13.7. The second-order valence-electron chi connectivity index (χ2n) is 17.0. The number of nitrogens with zero attached hydrogens (tertiary/aromatic N) is 1. The molecule has 0 fully saturated rings. The number of nitrogens with two attached hydrogens (primary N) is 2. The van der Waals surface area contributed by atoms with Gasteiger partial charge in [0.15, 0.2) is 0 Å². The van der Waals surface area contributed by atoms with Gasteiger partial charge in [-0.3, -0.25) is 9.59 Å². The molecule has 364 valence electrons. The minimum absolute atomic E-state index is 0. The first-order valence-corrected chi connectivity index (χ1v) is 24.5. The smallest absolute Gasteiger partial charge is 0.870 e. The van der Waals surface area contributed by atoms with Crippen molar-refractivity contribution in [3.8, 4) is 33.8 Å². The molecule has 0 spiro atoms. The minimum Gasteiger partial charge on any atom is -0.870 e. The zero-order valence-electron chi connectivity index (χ0n) is 40.6. The Morgan fingerprint density at radius 1 is 0.667 bits per heavy atom. The van der Waals surface area contributed by atoms with Crippen LogP contribution in [0.5, 0.6) is 11.5 Å². The molecule has 0 radical (unpaired) electrons. The van der Waals surface area contributed by atoms with Crippen LogP contribution < -0.4 is 50.5 Å². The molecule has 0 unspecified atom stereocenters. The number of carbonyl (C=O) groups excluding carboxylic acids is 1. The number of allylic oxidation sites excluding steroid dienone is 1. The third kappa shape index (κ3) is 13.0. The molecule has 0 saturated carbocycles. The van der Waals surface area contributed by atoms with E-state index in [1.807, 2.05) is 104 Å². The SMILES string of the molecule is CCOC(=O)Cc1ccccc1OCc1cc(-c2cccc(CN)c2)c2ccn(S(=O)(=O)c3ccc(C)cc3)c2c1.NCc1cccc(-c2cc(COc3ccccc3CC(=O)O)cc3c2C=CC3)c1.[Na+].[OH-]. The molecule has 0 atom stereocenters. The second kappa shape index (κ2) is 25.0. The number of hydrogen-bond donors (Lipinski definition) is 3. The van der Waals surface area contributed by atoms with Gasteiger partial charge in [-0.05, 0) is 137 Å². The first-order valence-electron chi connectivity index (χ1n) is 23.1. The third-order valence-corrected chi connectivity index (χ3v) is 13.7. The Kier molecular flexibility index (Phi) is 19.0. The summed E-state index contributed by atoms with van der Waals surface area (Å²) in [6.45, 7) is 5.44. The van der Waals surface area contributed by atoms with E-state index in [9.17, 15) is 18.0 Å². The van der Waals surface area contributed by atoms with E-state index in [0.717, 1.165) is 56.3 Å². The van der Waals surface area contributed by atoms with E-state index in [-0.39, 0.29) is 65.3 Å². The average molecular weight is 994 g/mol. The van der Waals surface area contributed by atoms with Crippen LogP contribution in [0.2, 0.25) is 0 Å². The topological polar surface area (TPSA) is 203 Å². The molecule has 72 heavy (non-hydrogen) atoms. The first-order chi connectivity index (χ1) is 33.9. The number of carboxylic acids is 1. The third-order valence-electron chi connectivity index (χ3n) is 12.0. The predicted molar refractivity (Wildman–Crippen MR) is 277 cm³/mol. The number of para-hydroxylation sites is 2. The molecule has 14 heteroatoms. The van der Waals surface area contributed by atoms with Crippen LogP contribution in [0.25, 0.3) is 39.2 Å². The number of rotatable bonds is 17. The van der Waals surface area contributed by atoms with E-state index >= 15 is 0 Å². The summed E-state index contributed by atoms with van der Waals surface area (Å²) in [7, 11) is -3.86. The first kappa shape index (κ1) is 54.5. The van der Waals surface area contributed by atoms with Crippen molar-refractivity contribution in [2.45, 2.75) is 64.3 Å². The number of hydrogen-bond acceptors (Lipinski definition) is 10. The Balaban J connectivity index is 0.000000242. The molecule has 8 aromatic rings. The van der Waals surface area contributed by atoms with Crippen LogP contribution in [0.15, 0.2) is 169 Å². The molecule has 6 N–H and O–H groups in total. The number of fused-ring (bicyclic) bond motifs is 2. The van der Waals surface area contributed by atoms with Crippen LogP contribution in [0.4, 0.5) is 0 Å². The Morgan fingerprint density at radius 2 is 1.24 bits per heavy atom. The number of esters is 1. The van der Waals surface area contributed by atoms with Gasteiger partial charge >= 0.3 is 41.5 Å². The fraction of sp³-hybridized carbons (Fsp3) is 0.172. The van der Waals surface area contributed by atoms with Crippen molar-refractivity contribution < 1.29 is 72.4 Å². The largest absolute Gasteiger partial charge is 1.00 e. The standard InChI is InChI=1S/C33H32N2O5S.C25H23NO3.Na.H2O/c1-3-39-33(36)20-27-8-4-5-10-32(27)40-22-25-18-30(26-9-6-7-24(17-26)21-34)29-15-16-35(31(29)19-25)41(37,38)28-13-11-23(2)12-14-28;26-15-17-5-3-7-20(11-17)23-13-18(12-19-8-4-9-22(19)23)16-29-24-10-2-1-6-21(24)14-25(27)28;;/h4-19H,3,20-22,34H2,1-2H3;1-7,9-13H,8,14-16,26H2,(H,27,28);;1H2/q;;+1;/p-1. The fourth-order valence-electron chi connectivity index (χ4n) is 8.57. The summed E-state index contributed by atoms with van der Waals surface area (Å²) in [6, 6.07) is 47.7. The molecule has 0 amide bonds. The number of carboxylic acid groups (broad SMARTS) is 1. The summed E-state index contributed by atoms with van der Waals surface area (Å²) < 4.78 is 46.1. The summed E-state index contributed by atoms with van der Waals surface area (Å²) in [4.78, 5) is 23.4. The maximum atomic E-state index is 13.7. The van der Waals surface area contributed by atoms with E-state index < -0.39 is 16.0 Å². The maximum Gasteiger partial charge on any atom is 1.00 e. The van der Waals surface area contributed by atoms with Crippen molar-refractivity contribution >= 4 is 38.9 Å². The molecule has 12 nitrogen and oxygen atoms in total. The van der Waals surface area contributed by atoms with Gasteiger partial charge in [0.1, 0.15) is 24.7 Å².